The van der Waals surface area contributed by atoms with Crippen LogP contribution in [-0.2, 0) is 6.42 Å². The van der Waals surface area contributed by atoms with E-state index in [9.17, 15) is 9.59 Å². The van der Waals surface area contributed by atoms with E-state index in [2.05, 4.69) is 49.7 Å². The fraction of sp³-hybridized carbons (Fsp3) is 0.333. The number of nitrogens with zero attached hydrogens (tertiary/aromatic N) is 5. The van der Waals surface area contributed by atoms with Gasteiger partial charge in [0.25, 0.3) is 5.91 Å². The number of Topliss-reactive ketones (excluding diaryl/α,β-unsaturated/α-hetero) is 1. The van der Waals surface area contributed by atoms with Gasteiger partial charge in [-0.3, -0.25) is 9.59 Å². The van der Waals surface area contributed by atoms with Crippen LogP contribution in [0, 0.1) is 13.8 Å². The number of hydrogen-bond donors (Lipinski definition) is 2. The molecular formula is C30H35N7O2. The summed E-state index contributed by atoms with van der Waals surface area (Å²) in [6.45, 7) is 10.4. The second-order valence-corrected chi connectivity index (χ2v) is 10.1. The Morgan fingerprint density at radius 3 is 2.59 bits per heavy atom. The molecule has 2 N–H and O–H groups in total. The quantitative estimate of drug-likeness (QED) is 0.336. The lowest BCUT2D eigenvalue weighted by molar-refractivity contribution is 0.0953. The van der Waals surface area contributed by atoms with Crippen molar-refractivity contribution in [2.75, 3.05) is 50.0 Å². The van der Waals surface area contributed by atoms with Gasteiger partial charge in [-0.2, -0.15) is 5.10 Å². The summed E-state index contributed by atoms with van der Waals surface area (Å²) in [5.41, 5.74) is 6.63. The van der Waals surface area contributed by atoms with Crippen LogP contribution < -0.4 is 15.5 Å². The van der Waals surface area contributed by atoms with Crippen molar-refractivity contribution in [1.29, 1.82) is 0 Å². The van der Waals surface area contributed by atoms with Crippen LogP contribution in [0.15, 0.2) is 55.0 Å². The summed E-state index contributed by atoms with van der Waals surface area (Å²) in [5, 5.41) is 10.5. The van der Waals surface area contributed by atoms with Crippen molar-refractivity contribution in [2.24, 2.45) is 0 Å². The zero-order valence-corrected chi connectivity index (χ0v) is 23.0. The highest BCUT2D eigenvalue weighted by molar-refractivity contribution is 6.00. The minimum atomic E-state index is -0.146. The highest BCUT2D eigenvalue weighted by atomic mass is 16.1. The number of benzene rings is 2. The monoisotopic (exact) mass is 525 g/mol. The number of fused-ring (bicyclic) bond motifs is 1. The summed E-state index contributed by atoms with van der Waals surface area (Å²) in [5.74, 6) is 0.483. The highest BCUT2D eigenvalue weighted by Crippen LogP contribution is 2.28. The number of aromatic nitrogens is 3. The van der Waals surface area contributed by atoms with Gasteiger partial charge in [0.2, 0.25) is 0 Å². The predicted molar refractivity (Wildman–Crippen MR) is 154 cm³/mol. The van der Waals surface area contributed by atoms with Crippen LogP contribution in [0.5, 0.6) is 0 Å². The fourth-order valence-electron chi connectivity index (χ4n) is 5.01. The van der Waals surface area contributed by atoms with Crippen LogP contribution in [0.3, 0.4) is 0 Å². The first-order chi connectivity index (χ1) is 18.8. The minimum Gasteiger partial charge on any atom is -0.369 e. The van der Waals surface area contributed by atoms with Gasteiger partial charge in [-0.15, -0.1) is 0 Å². The Labute approximate surface area is 228 Å². The zero-order chi connectivity index (χ0) is 27.5. The normalized spacial score (nSPS) is 14.0. The number of hydrogen-bond acceptors (Lipinski definition) is 7. The lowest BCUT2D eigenvalue weighted by atomic mass is 10.0. The SMILES string of the molecule is CCNC(=O)c1cn2ncnc(Nc3cc(C(=O)Cc4cccc(N5CCN(C)CC5)c4)ccc3C)c2c1C. The van der Waals surface area contributed by atoms with Crippen molar-refractivity contribution in [3.8, 4) is 0 Å². The van der Waals surface area contributed by atoms with Gasteiger partial charge in [-0.1, -0.05) is 24.3 Å². The van der Waals surface area contributed by atoms with Crippen LogP contribution in [-0.4, -0.2) is 71.0 Å². The number of anilines is 3. The number of piperazine rings is 1. The van der Waals surface area contributed by atoms with Gasteiger partial charge in [-0.25, -0.2) is 9.50 Å². The third-order valence-corrected chi connectivity index (χ3v) is 7.37. The van der Waals surface area contributed by atoms with Gasteiger partial charge in [0.1, 0.15) is 11.8 Å². The molecule has 9 heteroatoms. The van der Waals surface area contributed by atoms with Gasteiger partial charge < -0.3 is 20.4 Å². The van der Waals surface area contributed by atoms with Gasteiger partial charge in [0.05, 0.1) is 5.56 Å². The van der Waals surface area contributed by atoms with E-state index in [0.29, 0.717) is 29.9 Å². The second kappa shape index (κ2) is 11.2. The van der Waals surface area contributed by atoms with E-state index >= 15 is 0 Å². The average Bonchev–Trinajstić information content (AvgIpc) is 3.28. The van der Waals surface area contributed by atoms with Crippen LogP contribution in [0.1, 0.15) is 44.3 Å². The zero-order valence-electron chi connectivity index (χ0n) is 23.0. The molecule has 0 saturated carbocycles. The number of carbonyl (C=O) groups is 2. The topological polar surface area (TPSA) is 94.9 Å². The molecule has 0 unspecified atom stereocenters. The summed E-state index contributed by atoms with van der Waals surface area (Å²) in [7, 11) is 2.15. The molecule has 2 aromatic heterocycles. The lowest BCUT2D eigenvalue weighted by Crippen LogP contribution is -2.44. The van der Waals surface area contributed by atoms with Crippen molar-refractivity contribution < 1.29 is 9.59 Å². The van der Waals surface area contributed by atoms with E-state index in [0.717, 1.165) is 54.1 Å². The number of aryl methyl sites for hydroxylation is 2. The molecule has 4 aromatic rings. The van der Waals surface area contributed by atoms with Crippen LogP contribution >= 0.6 is 0 Å². The molecule has 0 atom stereocenters. The first-order valence-corrected chi connectivity index (χ1v) is 13.4. The van der Waals surface area contributed by atoms with Gasteiger partial charge in [0.15, 0.2) is 11.6 Å². The number of likely N-dealkylation sites (N-methyl/N-ethyl adjacent to an activating group) is 1. The van der Waals surface area contributed by atoms with Crippen molar-refractivity contribution in [2.45, 2.75) is 27.2 Å². The molecule has 39 heavy (non-hydrogen) atoms. The van der Waals surface area contributed by atoms with Gasteiger partial charge in [-0.05, 0) is 62.7 Å². The Morgan fingerprint density at radius 2 is 1.82 bits per heavy atom. The third kappa shape index (κ3) is 5.63. The minimum absolute atomic E-state index is 0.0544. The first kappa shape index (κ1) is 26.4. The highest BCUT2D eigenvalue weighted by Gasteiger charge is 2.19. The maximum atomic E-state index is 13.3. The number of carbonyl (C=O) groups excluding carboxylic acids is 2. The molecule has 1 saturated heterocycles. The molecule has 0 bridgehead atoms. The Bertz CT molecular complexity index is 1520. The summed E-state index contributed by atoms with van der Waals surface area (Å²) >= 11 is 0. The van der Waals surface area contributed by atoms with Gasteiger partial charge >= 0.3 is 0 Å². The second-order valence-electron chi connectivity index (χ2n) is 10.1. The van der Waals surface area contributed by atoms with E-state index in [1.807, 2.05) is 51.1 Å². The van der Waals surface area contributed by atoms with E-state index in [1.54, 1.807) is 10.7 Å². The maximum absolute atomic E-state index is 13.3. The molecule has 202 valence electrons. The molecule has 1 fully saturated rings. The molecule has 3 heterocycles. The van der Waals surface area contributed by atoms with Crippen molar-refractivity contribution >= 4 is 34.4 Å². The molecule has 0 radical (unpaired) electrons. The molecule has 9 nitrogen and oxygen atoms in total. The molecule has 0 aliphatic carbocycles. The Balaban J connectivity index is 1.37. The average molecular weight is 526 g/mol. The fourth-order valence-corrected chi connectivity index (χ4v) is 5.01. The van der Waals surface area contributed by atoms with Crippen LogP contribution in [0.4, 0.5) is 17.2 Å². The summed E-state index contributed by atoms with van der Waals surface area (Å²) in [4.78, 5) is 35.0. The van der Waals surface area contributed by atoms with E-state index in [-0.39, 0.29) is 11.7 Å². The Morgan fingerprint density at radius 1 is 1.03 bits per heavy atom. The molecule has 2 aromatic carbocycles. The molecule has 1 aliphatic rings. The molecular weight excluding hydrogens is 490 g/mol. The first-order valence-electron chi connectivity index (χ1n) is 13.4. The molecule has 5 rings (SSSR count). The third-order valence-electron chi connectivity index (χ3n) is 7.37. The summed E-state index contributed by atoms with van der Waals surface area (Å²) in [6.07, 6.45) is 3.50. The number of amides is 1. The van der Waals surface area contributed by atoms with E-state index in [4.69, 9.17) is 0 Å². The van der Waals surface area contributed by atoms with Crippen molar-refractivity contribution in [3.63, 3.8) is 0 Å². The Hall–Kier alpha value is -4.24. The van der Waals surface area contributed by atoms with Crippen molar-refractivity contribution in [1.82, 2.24) is 24.8 Å². The maximum Gasteiger partial charge on any atom is 0.253 e. The van der Waals surface area contributed by atoms with E-state index < -0.39 is 0 Å². The van der Waals surface area contributed by atoms with Gasteiger partial charge in [0, 0.05) is 62.3 Å². The van der Waals surface area contributed by atoms with Crippen molar-refractivity contribution in [3.05, 3.63) is 82.8 Å². The standard InChI is InChI=1S/C30H35N7O2/c1-5-31-30(39)25-18-37-28(21(25)3)29(32-19-33-37)34-26-17-23(10-9-20(26)2)27(38)16-22-7-6-8-24(15-22)36-13-11-35(4)12-14-36/h6-10,15,17-19H,5,11-14,16H2,1-4H3,(H,31,39)(H,32,33,34). The largest absolute Gasteiger partial charge is 0.369 e. The molecule has 1 aliphatic heterocycles. The van der Waals surface area contributed by atoms with Crippen LogP contribution in [0.2, 0.25) is 0 Å². The number of rotatable bonds is 8. The lowest BCUT2D eigenvalue weighted by Gasteiger charge is -2.34. The van der Waals surface area contributed by atoms with Crippen LogP contribution in [0.25, 0.3) is 5.52 Å². The molecule has 1 amide bonds. The number of nitrogens with one attached hydrogen (secondary N) is 2. The predicted octanol–water partition coefficient (Wildman–Crippen LogP) is 4.02. The van der Waals surface area contributed by atoms with E-state index in [1.165, 1.54) is 12.0 Å². The smallest absolute Gasteiger partial charge is 0.253 e. The summed E-state index contributed by atoms with van der Waals surface area (Å²) in [6, 6.07) is 14.0. The number of ketones is 1. The summed E-state index contributed by atoms with van der Waals surface area (Å²) < 4.78 is 1.66. The Kier molecular flexibility index (Phi) is 7.60. The molecule has 0 spiro atoms.